The van der Waals surface area contributed by atoms with Crippen molar-refractivity contribution in [1.29, 1.82) is 0 Å². The second-order valence-corrected chi connectivity index (χ2v) is 5.09. The lowest BCUT2D eigenvalue weighted by molar-refractivity contribution is 0.0948. The van der Waals surface area contributed by atoms with Crippen LogP contribution in [0.3, 0.4) is 0 Å². The van der Waals surface area contributed by atoms with Gasteiger partial charge in [-0.2, -0.15) is 5.10 Å². The average Bonchev–Trinajstić information content (AvgIpc) is 2.85. The molecular weight excluding hydrogens is 280 g/mol. The lowest BCUT2D eigenvalue weighted by atomic mass is 10.1. The van der Waals surface area contributed by atoms with Gasteiger partial charge in [-0.1, -0.05) is 18.2 Å². The molecule has 6 nitrogen and oxygen atoms in total. The van der Waals surface area contributed by atoms with E-state index in [1.54, 1.807) is 0 Å². The molecule has 22 heavy (non-hydrogen) atoms. The van der Waals surface area contributed by atoms with Gasteiger partial charge in [0.05, 0.1) is 0 Å². The minimum Gasteiger partial charge on any atom is -0.350 e. The summed E-state index contributed by atoms with van der Waals surface area (Å²) in [7, 11) is 2.01. The maximum absolute atomic E-state index is 11.9. The van der Waals surface area contributed by atoms with Crippen LogP contribution in [0.25, 0.3) is 10.9 Å². The first-order valence-corrected chi connectivity index (χ1v) is 7.02. The van der Waals surface area contributed by atoms with Gasteiger partial charge in [0.2, 0.25) is 0 Å². The molecule has 1 amide bonds. The molecule has 0 saturated carbocycles. The molecule has 0 aliphatic rings. The van der Waals surface area contributed by atoms with E-state index in [1.165, 1.54) is 28.6 Å². The summed E-state index contributed by atoms with van der Waals surface area (Å²) in [6.45, 7) is 0.508. The highest BCUT2D eigenvalue weighted by atomic mass is 16.2. The van der Waals surface area contributed by atoms with Crippen LogP contribution in [-0.2, 0) is 13.5 Å². The predicted molar refractivity (Wildman–Crippen MR) is 83.8 cm³/mol. The van der Waals surface area contributed by atoms with Gasteiger partial charge < -0.3 is 9.88 Å². The van der Waals surface area contributed by atoms with Crippen molar-refractivity contribution in [2.45, 2.75) is 6.42 Å². The first kappa shape index (κ1) is 14.1. The van der Waals surface area contributed by atoms with Gasteiger partial charge in [-0.3, -0.25) is 9.59 Å². The fraction of sp³-hybridized carbons (Fsp3) is 0.188. The van der Waals surface area contributed by atoms with Gasteiger partial charge >= 0.3 is 0 Å². The van der Waals surface area contributed by atoms with Crippen molar-refractivity contribution in [1.82, 2.24) is 20.1 Å². The molecule has 0 bridgehead atoms. The maximum Gasteiger partial charge on any atom is 0.271 e. The predicted octanol–water partition coefficient (Wildman–Crippen LogP) is 1.23. The highest BCUT2D eigenvalue weighted by Gasteiger charge is 2.09. The number of fused-ring (bicyclic) bond motifs is 1. The number of nitrogens with one attached hydrogen (secondary N) is 2. The van der Waals surface area contributed by atoms with Gasteiger partial charge in [0.25, 0.3) is 11.5 Å². The van der Waals surface area contributed by atoms with E-state index in [0.717, 1.165) is 6.42 Å². The summed E-state index contributed by atoms with van der Waals surface area (Å²) >= 11 is 0. The first-order valence-electron chi connectivity index (χ1n) is 7.02. The SMILES string of the molecule is Cn1cc(CCNC(=O)c2ccc(=O)[nH]n2)c2ccccc21. The number of amides is 1. The summed E-state index contributed by atoms with van der Waals surface area (Å²) in [5.74, 6) is -0.295. The smallest absolute Gasteiger partial charge is 0.271 e. The third-order valence-corrected chi connectivity index (χ3v) is 3.57. The number of para-hydroxylation sites is 1. The van der Waals surface area contributed by atoms with Crippen LogP contribution in [-0.4, -0.2) is 27.2 Å². The first-order chi connectivity index (χ1) is 10.6. The molecule has 0 unspecified atom stereocenters. The summed E-state index contributed by atoms with van der Waals surface area (Å²) in [6.07, 6.45) is 2.81. The number of carbonyl (C=O) groups is 1. The van der Waals surface area contributed by atoms with E-state index in [9.17, 15) is 9.59 Å². The van der Waals surface area contributed by atoms with Gasteiger partial charge in [0, 0.05) is 36.8 Å². The Balaban J connectivity index is 1.66. The number of aromatic amines is 1. The molecule has 0 fully saturated rings. The summed E-state index contributed by atoms with van der Waals surface area (Å²) in [4.78, 5) is 22.8. The van der Waals surface area contributed by atoms with Crippen LogP contribution in [0.2, 0.25) is 0 Å². The number of nitrogens with zero attached hydrogens (tertiary/aromatic N) is 2. The molecular formula is C16H16N4O2. The Labute approximate surface area is 126 Å². The van der Waals surface area contributed by atoms with E-state index in [0.29, 0.717) is 6.54 Å². The molecule has 2 heterocycles. The number of carbonyl (C=O) groups excluding carboxylic acids is 1. The topological polar surface area (TPSA) is 79.8 Å². The molecule has 2 N–H and O–H groups in total. The molecule has 0 aliphatic heterocycles. The molecule has 3 rings (SSSR count). The van der Waals surface area contributed by atoms with Crippen molar-refractivity contribution in [3.63, 3.8) is 0 Å². The largest absolute Gasteiger partial charge is 0.350 e. The second kappa shape index (κ2) is 5.85. The molecule has 0 saturated heterocycles. The fourth-order valence-corrected chi connectivity index (χ4v) is 2.50. The minimum absolute atomic E-state index is 0.206. The molecule has 1 aromatic carbocycles. The summed E-state index contributed by atoms with van der Waals surface area (Å²) < 4.78 is 2.08. The Bertz CT molecular complexity index is 859. The van der Waals surface area contributed by atoms with E-state index in [2.05, 4.69) is 38.4 Å². The number of aryl methyl sites for hydroxylation is 1. The van der Waals surface area contributed by atoms with Crippen LogP contribution in [0.1, 0.15) is 16.1 Å². The summed E-state index contributed by atoms with van der Waals surface area (Å²) in [5, 5.41) is 9.95. The number of benzene rings is 1. The Kier molecular flexibility index (Phi) is 3.74. The number of hydrogen-bond donors (Lipinski definition) is 2. The van der Waals surface area contributed by atoms with Crippen molar-refractivity contribution >= 4 is 16.8 Å². The molecule has 0 spiro atoms. The van der Waals surface area contributed by atoms with Crippen LogP contribution in [0.4, 0.5) is 0 Å². The summed E-state index contributed by atoms with van der Waals surface area (Å²) in [5.41, 5.74) is 2.24. The Morgan fingerprint density at radius 2 is 2.09 bits per heavy atom. The standard InChI is InChI=1S/C16H16N4O2/c1-20-10-11(12-4-2-3-5-14(12)20)8-9-17-16(22)13-6-7-15(21)19-18-13/h2-7,10H,8-9H2,1H3,(H,17,22)(H,19,21). The van der Waals surface area contributed by atoms with E-state index >= 15 is 0 Å². The van der Waals surface area contributed by atoms with Crippen molar-refractivity contribution in [3.8, 4) is 0 Å². The highest BCUT2D eigenvalue weighted by Crippen LogP contribution is 2.20. The van der Waals surface area contributed by atoms with Crippen molar-refractivity contribution in [3.05, 3.63) is 64.2 Å². The van der Waals surface area contributed by atoms with E-state index in [-0.39, 0.29) is 17.2 Å². The average molecular weight is 296 g/mol. The zero-order chi connectivity index (χ0) is 15.5. The van der Waals surface area contributed by atoms with Crippen LogP contribution < -0.4 is 10.9 Å². The van der Waals surface area contributed by atoms with Crippen molar-refractivity contribution in [2.24, 2.45) is 7.05 Å². The third kappa shape index (κ3) is 2.76. The molecule has 2 aromatic heterocycles. The van der Waals surface area contributed by atoms with Crippen molar-refractivity contribution < 1.29 is 4.79 Å². The highest BCUT2D eigenvalue weighted by molar-refractivity contribution is 5.92. The number of rotatable bonds is 4. The monoisotopic (exact) mass is 296 g/mol. The van der Waals surface area contributed by atoms with Gasteiger partial charge in [-0.05, 0) is 24.1 Å². The van der Waals surface area contributed by atoms with Gasteiger partial charge in [-0.25, -0.2) is 5.10 Å². The summed E-state index contributed by atoms with van der Waals surface area (Å²) in [6, 6.07) is 10.9. The zero-order valence-electron chi connectivity index (χ0n) is 12.2. The molecule has 0 atom stereocenters. The molecule has 0 radical (unpaired) electrons. The molecule has 112 valence electrons. The van der Waals surface area contributed by atoms with Crippen LogP contribution in [0, 0.1) is 0 Å². The molecule has 3 aromatic rings. The fourth-order valence-electron chi connectivity index (χ4n) is 2.50. The zero-order valence-corrected chi connectivity index (χ0v) is 12.2. The van der Waals surface area contributed by atoms with Gasteiger partial charge in [-0.15, -0.1) is 0 Å². The van der Waals surface area contributed by atoms with E-state index in [4.69, 9.17) is 0 Å². The van der Waals surface area contributed by atoms with Gasteiger partial charge in [0.15, 0.2) is 0 Å². The Hall–Kier alpha value is -2.89. The lowest BCUT2D eigenvalue weighted by Gasteiger charge is -2.03. The number of hydrogen-bond acceptors (Lipinski definition) is 3. The van der Waals surface area contributed by atoms with Crippen LogP contribution in [0.15, 0.2) is 47.4 Å². The molecule has 6 heteroatoms. The number of aromatic nitrogens is 3. The van der Waals surface area contributed by atoms with Crippen LogP contribution in [0.5, 0.6) is 0 Å². The quantitative estimate of drug-likeness (QED) is 0.760. The Morgan fingerprint density at radius 1 is 1.27 bits per heavy atom. The molecule has 0 aliphatic carbocycles. The van der Waals surface area contributed by atoms with Crippen molar-refractivity contribution in [2.75, 3.05) is 6.54 Å². The Morgan fingerprint density at radius 3 is 2.86 bits per heavy atom. The lowest BCUT2D eigenvalue weighted by Crippen LogP contribution is -2.27. The van der Waals surface area contributed by atoms with E-state index in [1.807, 2.05) is 19.2 Å². The van der Waals surface area contributed by atoms with Gasteiger partial charge in [0.1, 0.15) is 5.69 Å². The maximum atomic E-state index is 11.9. The van der Waals surface area contributed by atoms with Crippen LogP contribution >= 0.6 is 0 Å². The second-order valence-electron chi connectivity index (χ2n) is 5.09. The number of H-pyrrole nitrogens is 1. The third-order valence-electron chi connectivity index (χ3n) is 3.57. The van der Waals surface area contributed by atoms with E-state index < -0.39 is 0 Å². The normalized spacial score (nSPS) is 10.8. The minimum atomic E-state index is -0.327.